The predicted molar refractivity (Wildman–Crippen MR) is 220 cm³/mol. The molecule has 9 rings (SSSR count). The molecule has 1 aliphatic heterocycles. The van der Waals surface area contributed by atoms with Crippen molar-refractivity contribution in [3.05, 3.63) is 157 Å². The van der Waals surface area contributed by atoms with Crippen molar-refractivity contribution in [2.24, 2.45) is 0 Å². The lowest BCUT2D eigenvalue weighted by Gasteiger charge is -2.39. The summed E-state index contributed by atoms with van der Waals surface area (Å²) in [5.74, 6) is 0. The quantitative estimate of drug-likeness (QED) is 0.136. The van der Waals surface area contributed by atoms with Gasteiger partial charge in [-0.05, 0) is 102 Å². The first kappa shape index (κ1) is 34.3. The van der Waals surface area contributed by atoms with Gasteiger partial charge in [-0.2, -0.15) is 0 Å². The van der Waals surface area contributed by atoms with Gasteiger partial charge in [0.15, 0.2) is 0 Å². The molecule has 1 heterocycles. The number of nitrogens with zero attached hydrogens (tertiary/aromatic N) is 1. The number of hydrogen-bond acceptors (Lipinski definition) is 0. The summed E-state index contributed by atoms with van der Waals surface area (Å²) in [5, 5.41) is 10.5. The van der Waals surface area contributed by atoms with E-state index in [0.717, 1.165) is 17.6 Å². The number of benzene rings is 8. The summed E-state index contributed by atoms with van der Waals surface area (Å²) in [6.07, 6.45) is 4.87. The molecular formula is C50H46BrN. The van der Waals surface area contributed by atoms with Crippen molar-refractivity contribution in [3.8, 4) is 33.4 Å². The van der Waals surface area contributed by atoms with Crippen molar-refractivity contribution >= 4 is 43.1 Å². The van der Waals surface area contributed by atoms with Crippen LogP contribution in [0.5, 0.6) is 0 Å². The third kappa shape index (κ3) is 6.02. The number of hydrogen-bond donors (Lipinski definition) is 0. The van der Waals surface area contributed by atoms with Crippen LogP contribution in [0.25, 0.3) is 76.5 Å². The Kier molecular flexibility index (Phi) is 9.47. The third-order valence-electron chi connectivity index (χ3n) is 11.6. The van der Waals surface area contributed by atoms with Crippen LogP contribution in [0.15, 0.2) is 146 Å². The van der Waals surface area contributed by atoms with E-state index in [4.69, 9.17) is 0 Å². The third-order valence-corrected chi connectivity index (χ3v) is 11.6. The smallest absolute Gasteiger partial charge is 0.106 e. The fourth-order valence-corrected chi connectivity index (χ4v) is 9.05. The van der Waals surface area contributed by atoms with Crippen LogP contribution in [0.2, 0.25) is 0 Å². The van der Waals surface area contributed by atoms with Crippen molar-refractivity contribution < 1.29 is 21.5 Å². The SMILES string of the molecule is CCCC[N+]1(CCCC)Cc2c(-c3ccc4ccccc4c3)cc3ccccc3c2-c2c(c(-c3ccc4ccccc4c3)cc3ccccc23)C1.[Br-]. The highest BCUT2D eigenvalue weighted by atomic mass is 79.9. The summed E-state index contributed by atoms with van der Waals surface area (Å²) < 4.78 is 1.08. The van der Waals surface area contributed by atoms with Gasteiger partial charge in [-0.1, -0.05) is 148 Å². The number of quaternary nitrogens is 1. The molecule has 0 saturated heterocycles. The van der Waals surface area contributed by atoms with Crippen molar-refractivity contribution in [1.29, 1.82) is 0 Å². The van der Waals surface area contributed by atoms with Gasteiger partial charge in [-0.25, -0.2) is 0 Å². The monoisotopic (exact) mass is 739 g/mol. The number of halogens is 1. The lowest BCUT2D eigenvalue weighted by Crippen LogP contribution is -3.00. The molecule has 52 heavy (non-hydrogen) atoms. The molecule has 0 amide bonds. The highest BCUT2D eigenvalue weighted by Gasteiger charge is 2.37. The van der Waals surface area contributed by atoms with Crippen LogP contribution in [0, 0.1) is 0 Å². The van der Waals surface area contributed by atoms with Gasteiger partial charge < -0.3 is 21.5 Å². The molecule has 8 aromatic rings. The standard InChI is InChI=1S/C50H46N.BrH/c1-3-5-27-51(28-6-4-2)33-47-45(41-25-23-35-15-7-9-17-37(35)29-41)31-39-19-11-13-21-43(39)49(47)50-44-22-14-12-20-40(44)32-46(48(50)34-51)42-26-24-36-16-8-10-18-38(36)30-42;/h7-26,29-32H,3-6,27-28,33-34H2,1-2H3;1H/q+1;/p-1. The second kappa shape index (κ2) is 14.3. The number of unbranched alkanes of at least 4 members (excludes halogenated alkanes) is 2. The Morgan fingerprint density at radius 2 is 0.808 bits per heavy atom. The molecule has 258 valence electrons. The van der Waals surface area contributed by atoms with Crippen molar-refractivity contribution in [2.75, 3.05) is 13.1 Å². The van der Waals surface area contributed by atoms with Crippen LogP contribution < -0.4 is 17.0 Å². The minimum absolute atomic E-state index is 0. The highest BCUT2D eigenvalue weighted by molar-refractivity contribution is 6.12. The Labute approximate surface area is 318 Å². The normalized spacial score (nSPS) is 13.5. The van der Waals surface area contributed by atoms with Crippen LogP contribution >= 0.6 is 0 Å². The molecule has 0 bridgehead atoms. The lowest BCUT2D eigenvalue weighted by molar-refractivity contribution is -0.953. The van der Waals surface area contributed by atoms with E-state index >= 15 is 0 Å². The zero-order valence-corrected chi connectivity index (χ0v) is 31.9. The molecule has 1 aliphatic rings. The Bertz CT molecular complexity index is 2400. The molecule has 0 radical (unpaired) electrons. The first-order valence-corrected chi connectivity index (χ1v) is 19.1. The van der Waals surface area contributed by atoms with Crippen LogP contribution in [0.3, 0.4) is 0 Å². The van der Waals surface area contributed by atoms with Crippen LogP contribution in [-0.2, 0) is 13.1 Å². The van der Waals surface area contributed by atoms with E-state index in [9.17, 15) is 0 Å². The maximum Gasteiger partial charge on any atom is 0.106 e. The Balaban J connectivity index is 0.00000387. The van der Waals surface area contributed by atoms with E-state index in [2.05, 4.69) is 159 Å². The Hall–Kier alpha value is -4.76. The molecule has 0 atom stereocenters. The Morgan fingerprint density at radius 3 is 1.23 bits per heavy atom. The van der Waals surface area contributed by atoms with Gasteiger partial charge in [0.1, 0.15) is 13.1 Å². The number of rotatable bonds is 8. The minimum atomic E-state index is 0. The van der Waals surface area contributed by atoms with Gasteiger partial charge in [-0.3, -0.25) is 0 Å². The largest absolute Gasteiger partial charge is 1.00 e. The topological polar surface area (TPSA) is 0 Å². The zero-order valence-electron chi connectivity index (χ0n) is 30.3. The summed E-state index contributed by atoms with van der Waals surface area (Å²) in [7, 11) is 0. The Morgan fingerprint density at radius 1 is 0.423 bits per heavy atom. The summed E-state index contributed by atoms with van der Waals surface area (Å²) in [6.45, 7) is 9.15. The average Bonchev–Trinajstić information content (AvgIpc) is 3.34. The molecular weight excluding hydrogens is 694 g/mol. The van der Waals surface area contributed by atoms with Gasteiger partial charge in [0, 0.05) is 22.3 Å². The molecule has 0 unspecified atom stereocenters. The minimum Gasteiger partial charge on any atom is -1.00 e. The van der Waals surface area contributed by atoms with E-state index in [0.29, 0.717) is 0 Å². The van der Waals surface area contributed by atoms with E-state index in [1.165, 1.54) is 126 Å². The molecule has 2 heteroatoms. The summed E-state index contributed by atoms with van der Waals surface area (Å²) in [4.78, 5) is 0. The zero-order chi connectivity index (χ0) is 34.4. The highest BCUT2D eigenvalue weighted by Crippen LogP contribution is 2.50. The average molecular weight is 741 g/mol. The van der Waals surface area contributed by atoms with Crippen LogP contribution in [0.4, 0.5) is 0 Å². The van der Waals surface area contributed by atoms with Gasteiger partial charge in [0.2, 0.25) is 0 Å². The van der Waals surface area contributed by atoms with E-state index in [-0.39, 0.29) is 17.0 Å². The van der Waals surface area contributed by atoms with Gasteiger partial charge >= 0.3 is 0 Å². The maximum atomic E-state index is 2.51. The van der Waals surface area contributed by atoms with Crippen LogP contribution in [0.1, 0.15) is 50.7 Å². The fraction of sp³-hybridized carbons (Fsp3) is 0.200. The molecule has 0 N–H and O–H groups in total. The van der Waals surface area contributed by atoms with Gasteiger partial charge in [-0.15, -0.1) is 0 Å². The molecule has 8 aromatic carbocycles. The first-order chi connectivity index (χ1) is 25.1. The van der Waals surface area contributed by atoms with Crippen molar-refractivity contribution in [3.63, 3.8) is 0 Å². The van der Waals surface area contributed by atoms with Crippen molar-refractivity contribution in [2.45, 2.75) is 52.6 Å². The van der Waals surface area contributed by atoms with Crippen molar-refractivity contribution in [1.82, 2.24) is 0 Å². The molecule has 1 nitrogen and oxygen atoms in total. The molecule has 0 fully saturated rings. The van der Waals surface area contributed by atoms with Gasteiger partial charge in [0.25, 0.3) is 0 Å². The molecule has 0 saturated carbocycles. The fourth-order valence-electron chi connectivity index (χ4n) is 9.05. The molecule has 0 aliphatic carbocycles. The molecule has 0 aromatic heterocycles. The van der Waals surface area contributed by atoms with Gasteiger partial charge in [0.05, 0.1) is 13.1 Å². The summed E-state index contributed by atoms with van der Waals surface area (Å²) >= 11 is 0. The summed E-state index contributed by atoms with van der Waals surface area (Å²) in [5.41, 5.74) is 11.3. The van der Waals surface area contributed by atoms with Crippen LogP contribution in [-0.4, -0.2) is 17.6 Å². The maximum absolute atomic E-state index is 2.51. The molecule has 0 spiro atoms. The number of fused-ring (bicyclic) bond motifs is 9. The predicted octanol–water partition coefficient (Wildman–Crippen LogP) is 10.7. The second-order valence-electron chi connectivity index (χ2n) is 14.9. The first-order valence-electron chi connectivity index (χ1n) is 19.1. The lowest BCUT2D eigenvalue weighted by atomic mass is 9.82. The summed E-state index contributed by atoms with van der Waals surface area (Å²) in [6, 6.07) is 55.2. The van der Waals surface area contributed by atoms with E-state index in [1.807, 2.05) is 0 Å². The second-order valence-corrected chi connectivity index (χ2v) is 14.9. The van der Waals surface area contributed by atoms with E-state index in [1.54, 1.807) is 0 Å². The van der Waals surface area contributed by atoms with E-state index < -0.39 is 0 Å².